The molecule has 2 saturated heterocycles. The van der Waals surface area contributed by atoms with Crippen LogP contribution >= 0.6 is 0 Å². The van der Waals surface area contributed by atoms with Crippen LogP contribution in [0.5, 0.6) is 5.75 Å². The Hall–Kier alpha value is -1.52. The highest BCUT2D eigenvalue weighted by molar-refractivity contribution is 7.82. The molecular formula is C26H45N3O5S. The van der Waals surface area contributed by atoms with Crippen molar-refractivity contribution in [1.29, 1.82) is 0 Å². The summed E-state index contributed by atoms with van der Waals surface area (Å²) >= 11 is 0. The van der Waals surface area contributed by atoms with E-state index in [9.17, 15) is 9.00 Å². The summed E-state index contributed by atoms with van der Waals surface area (Å²) < 4.78 is 29.9. The number of hydrogen-bond acceptors (Lipinski definition) is 6. The number of hydrogen-bond donors (Lipinski definition) is 0. The number of nitrogens with zero attached hydrogens (tertiary/aromatic N) is 3. The predicted octanol–water partition coefficient (Wildman–Crippen LogP) is 3.02. The largest absolute Gasteiger partial charge is 0.497 e. The van der Waals surface area contributed by atoms with Crippen molar-refractivity contribution in [2.45, 2.75) is 57.9 Å². The predicted molar refractivity (Wildman–Crippen MR) is 140 cm³/mol. The average molecular weight is 512 g/mol. The summed E-state index contributed by atoms with van der Waals surface area (Å²) in [6.45, 7) is 14.8. The van der Waals surface area contributed by atoms with Crippen LogP contribution in [0.4, 0.5) is 0 Å². The first kappa shape index (κ1) is 29.7. The quantitative estimate of drug-likeness (QED) is 0.585. The monoisotopic (exact) mass is 511 g/mol. The van der Waals surface area contributed by atoms with Crippen molar-refractivity contribution in [3.05, 3.63) is 23.3 Å². The minimum absolute atomic E-state index is 0.130. The van der Waals surface area contributed by atoms with Crippen LogP contribution < -0.4 is 4.74 Å². The van der Waals surface area contributed by atoms with Gasteiger partial charge in [-0.05, 0) is 49.9 Å². The molecule has 0 N–H and O–H groups in total. The van der Waals surface area contributed by atoms with Gasteiger partial charge in [-0.25, -0.2) is 8.51 Å². The topological polar surface area (TPSA) is 71.6 Å². The van der Waals surface area contributed by atoms with Gasteiger partial charge in [-0.3, -0.25) is 9.69 Å². The molecule has 1 aliphatic carbocycles. The van der Waals surface area contributed by atoms with E-state index in [0.29, 0.717) is 13.2 Å². The summed E-state index contributed by atoms with van der Waals surface area (Å²) in [7, 11) is 2.11. The number of methoxy groups -OCH3 is 2. The van der Waals surface area contributed by atoms with Crippen molar-refractivity contribution < 1.29 is 23.2 Å². The van der Waals surface area contributed by atoms with Gasteiger partial charge in [-0.15, -0.1) is 0 Å². The van der Waals surface area contributed by atoms with Gasteiger partial charge < -0.3 is 19.1 Å². The zero-order valence-corrected chi connectivity index (χ0v) is 23.3. The van der Waals surface area contributed by atoms with E-state index < -0.39 is 11.0 Å². The molecule has 2 heterocycles. The maximum atomic E-state index is 12.6. The Morgan fingerprint density at radius 2 is 1.57 bits per heavy atom. The van der Waals surface area contributed by atoms with E-state index in [4.69, 9.17) is 14.2 Å². The Bertz CT molecular complexity index is 781. The first-order valence-electron chi connectivity index (χ1n) is 12.8. The van der Waals surface area contributed by atoms with Gasteiger partial charge in [0.05, 0.1) is 25.2 Å². The van der Waals surface area contributed by atoms with E-state index >= 15 is 0 Å². The van der Waals surface area contributed by atoms with Crippen molar-refractivity contribution in [3.8, 4) is 5.75 Å². The second-order valence-electron chi connectivity index (χ2n) is 8.82. The van der Waals surface area contributed by atoms with Crippen LogP contribution in [0.1, 0.15) is 44.2 Å². The molecule has 1 amide bonds. The van der Waals surface area contributed by atoms with E-state index in [1.807, 2.05) is 49.0 Å². The summed E-state index contributed by atoms with van der Waals surface area (Å²) in [6.07, 6.45) is 4.09. The first-order valence-corrected chi connectivity index (χ1v) is 14.0. The number of rotatable bonds is 6. The van der Waals surface area contributed by atoms with Crippen molar-refractivity contribution in [2.75, 3.05) is 73.3 Å². The Balaban J connectivity index is 0.000000234. The standard InChI is InChI=1S/C13H19NO3S.C11H20N2O2.C2H6/c1-10-8-12(16-3)9-11(2)13(10)18(15)14-4-6-17-7-5-14;1-15-9-11(14)13-7-5-12(6-8-13)10-3-2-4-10;1-2/h8-9H,4-7H2,1-3H3;10H,2-9H2,1H3;1-2H3. The summed E-state index contributed by atoms with van der Waals surface area (Å²) in [4.78, 5) is 16.9. The van der Waals surface area contributed by atoms with Crippen LogP contribution in [-0.2, 0) is 25.3 Å². The zero-order valence-electron chi connectivity index (χ0n) is 22.5. The second-order valence-corrected chi connectivity index (χ2v) is 10.2. The fourth-order valence-electron chi connectivity index (χ4n) is 4.45. The highest BCUT2D eigenvalue weighted by atomic mass is 32.2. The van der Waals surface area contributed by atoms with E-state index in [-0.39, 0.29) is 12.5 Å². The van der Waals surface area contributed by atoms with Gasteiger partial charge in [0.25, 0.3) is 0 Å². The lowest BCUT2D eigenvalue weighted by Gasteiger charge is -2.42. The summed E-state index contributed by atoms with van der Waals surface area (Å²) in [5.41, 5.74) is 2.02. The molecule has 3 aliphatic rings. The Labute approximate surface area is 214 Å². The lowest BCUT2D eigenvalue weighted by molar-refractivity contribution is -0.137. The number of carbonyl (C=O) groups excluding carboxylic acids is 1. The first-order chi connectivity index (χ1) is 16.9. The molecule has 0 radical (unpaired) electrons. The van der Waals surface area contributed by atoms with Crippen molar-refractivity contribution >= 4 is 16.9 Å². The lowest BCUT2D eigenvalue weighted by Crippen LogP contribution is -2.54. The molecule has 1 atom stereocenters. The van der Waals surface area contributed by atoms with Gasteiger partial charge >= 0.3 is 0 Å². The lowest BCUT2D eigenvalue weighted by atomic mass is 9.91. The van der Waals surface area contributed by atoms with Crippen LogP contribution in [0.3, 0.4) is 0 Å². The second kappa shape index (κ2) is 15.6. The fraction of sp³-hybridized carbons (Fsp3) is 0.731. The average Bonchev–Trinajstić information content (AvgIpc) is 2.85. The SMILES string of the molecule is CC.COCC(=O)N1CCN(C2CCC2)CC1.COc1cc(C)c(S(=O)N2CCOCC2)c(C)c1. The van der Waals surface area contributed by atoms with Gasteiger partial charge in [0.1, 0.15) is 23.3 Å². The summed E-state index contributed by atoms with van der Waals surface area (Å²) in [5, 5.41) is 0. The molecule has 0 spiro atoms. The maximum absolute atomic E-state index is 12.6. The molecule has 1 aromatic rings. The molecular weight excluding hydrogens is 466 g/mol. The summed E-state index contributed by atoms with van der Waals surface area (Å²) in [6, 6.07) is 4.67. The number of carbonyl (C=O) groups is 1. The smallest absolute Gasteiger partial charge is 0.248 e. The van der Waals surface area contributed by atoms with Gasteiger partial charge in [0, 0.05) is 52.4 Å². The van der Waals surface area contributed by atoms with E-state index in [2.05, 4.69) is 4.90 Å². The molecule has 4 rings (SSSR count). The Morgan fingerprint density at radius 3 is 2.03 bits per heavy atom. The minimum Gasteiger partial charge on any atom is -0.497 e. The third-order valence-corrected chi connectivity index (χ3v) is 8.40. The normalized spacial score (nSPS) is 20.0. The Morgan fingerprint density at radius 1 is 1.00 bits per heavy atom. The van der Waals surface area contributed by atoms with Crippen LogP contribution in [0, 0.1) is 13.8 Å². The van der Waals surface area contributed by atoms with Crippen molar-refractivity contribution in [3.63, 3.8) is 0 Å². The molecule has 9 heteroatoms. The van der Waals surface area contributed by atoms with Crippen molar-refractivity contribution in [1.82, 2.24) is 14.1 Å². The number of morpholine rings is 1. The third-order valence-electron chi connectivity index (χ3n) is 6.57. The third kappa shape index (κ3) is 8.53. The molecule has 35 heavy (non-hydrogen) atoms. The van der Waals surface area contributed by atoms with Crippen LogP contribution in [0.25, 0.3) is 0 Å². The molecule has 2 aliphatic heterocycles. The van der Waals surface area contributed by atoms with Crippen molar-refractivity contribution in [2.24, 2.45) is 0 Å². The van der Waals surface area contributed by atoms with E-state index in [1.165, 1.54) is 19.3 Å². The fourth-order valence-corrected chi connectivity index (χ4v) is 5.86. The van der Waals surface area contributed by atoms with Crippen LogP contribution in [0.2, 0.25) is 0 Å². The minimum atomic E-state index is -1.11. The maximum Gasteiger partial charge on any atom is 0.248 e. The molecule has 1 saturated carbocycles. The number of benzene rings is 1. The molecule has 1 aromatic carbocycles. The van der Waals surface area contributed by atoms with Crippen LogP contribution in [-0.4, -0.2) is 104 Å². The van der Waals surface area contributed by atoms with Gasteiger partial charge in [-0.1, -0.05) is 20.3 Å². The number of ether oxygens (including phenoxy) is 3. The molecule has 3 fully saturated rings. The van der Waals surface area contributed by atoms with Crippen LogP contribution in [0.15, 0.2) is 17.0 Å². The van der Waals surface area contributed by atoms with E-state index in [1.54, 1.807) is 14.2 Å². The zero-order chi connectivity index (χ0) is 25.8. The molecule has 1 unspecified atom stereocenters. The summed E-state index contributed by atoms with van der Waals surface area (Å²) in [5.74, 6) is 0.943. The molecule has 8 nitrogen and oxygen atoms in total. The molecule has 200 valence electrons. The number of aryl methyl sites for hydroxylation is 2. The highest BCUT2D eigenvalue weighted by Gasteiger charge is 2.29. The number of amides is 1. The van der Waals surface area contributed by atoms with Gasteiger partial charge in [-0.2, -0.15) is 0 Å². The molecule has 0 bridgehead atoms. The molecule has 0 aromatic heterocycles. The number of piperazine rings is 1. The van der Waals surface area contributed by atoms with Gasteiger partial charge in [0.2, 0.25) is 5.91 Å². The highest BCUT2D eigenvalue weighted by Crippen LogP contribution is 2.27. The Kier molecular flexibility index (Phi) is 13.2. The van der Waals surface area contributed by atoms with E-state index in [0.717, 1.165) is 67.1 Å². The van der Waals surface area contributed by atoms with Gasteiger partial charge in [0.15, 0.2) is 0 Å².